The Morgan fingerprint density at radius 3 is 2.83 bits per heavy atom. The molecule has 0 aromatic carbocycles. The number of carbonyl (C=O) groups is 1. The van der Waals surface area contributed by atoms with E-state index in [4.69, 9.17) is 4.74 Å². The van der Waals surface area contributed by atoms with Gasteiger partial charge in [-0.1, -0.05) is 0 Å². The second kappa shape index (κ2) is 7.06. The van der Waals surface area contributed by atoms with Gasteiger partial charge < -0.3 is 10.1 Å². The molecule has 0 spiro atoms. The average molecular weight is 278 g/mol. The third kappa shape index (κ3) is 4.55. The van der Waals surface area contributed by atoms with E-state index in [1.165, 1.54) is 4.31 Å². The van der Waals surface area contributed by atoms with Gasteiger partial charge in [-0.25, -0.2) is 12.7 Å². The van der Waals surface area contributed by atoms with Crippen molar-refractivity contribution in [3.63, 3.8) is 0 Å². The lowest BCUT2D eigenvalue weighted by Gasteiger charge is -2.16. The Morgan fingerprint density at radius 1 is 1.50 bits per heavy atom. The normalized spacial score (nSPS) is 21.1. The van der Waals surface area contributed by atoms with Crippen LogP contribution in [0.4, 0.5) is 0 Å². The maximum atomic E-state index is 12.0. The van der Waals surface area contributed by atoms with Crippen molar-refractivity contribution in [2.24, 2.45) is 5.92 Å². The summed E-state index contributed by atoms with van der Waals surface area (Å²) in [5.74, 6) is -0.239. The van der Waals surface area contributed by atoms with Crippen LogP contribution in [0.3, 0.4) is 0 Å². The minimum atomic E-state index is -3.32. The lowest BCUT2D eigenvalue weighted by molar-refractivity contribution is -0.142. The summed E-state index contributed by atoms with van der Waals surface area (Å²) in [7, 11) is -1.46. The minimum absolute atomic E-state index is 0.0661. The van der Waals surface area contributed by atoms with Crippen molar-refractivity contribution in [3.05, 3.63) is 0 Å². The number of carbonyl (C=O) groups excluding carboxylic acids is 1. The van der Waals surface area contributed by atoms with Gasteiger partial charge in [0.05, 0.1) is 18.8 Å². The second-order valence-corrected chi connectivity index (χ2v) is 6.53. The molecule has 1 atom stereocenters. The number of hydrogen-bond acceptors (Lipinski definition) is 5. The highest BCUT2D eigenvalue weighted by molar-refractivity contribution is 7.89. The van der Waals surface area contributed by atoms with Crippen LogP contribution in [0.2, 0.25) is 0 Å². The zero-order valence-electron chi connectivity index (χ0n) is 11.0. The van der Waals surface area contributed by atoms with E-state index < -0.39 is 16.0 Å². The van der Waals surface area contributed by atoms with E-state index in [2.05, 4.69) is 5.32 Å². The summed E-state index contributed by atoms with van der Waals surface area (Å²) in [4.78, 5) is 11.2. The second-order valence-electron chi connectivity index (χ2n) is 4.44. The smallest absolute Gasteiger partial charge is 0.306 e. The number of sulfonamides is 1. The highest BCUT2D eigenvalue weighted by Gasteiger charge is 2.31. The molecule has 0 amide bonds. The van der Waals surface area contributed by atoms with Crippen LogP contribution in [0, 0.1) is 5.92 Å². The summed E-state index contributed by atoms with van der Waals surface area (Å²) < 4.78 is 30.2. The molecular weight excluding hydrogens is 256 g/mol. The number of ether oxygens (including phenoxy) is 1. The van der Waals surface area contributed by atoms with Gasteiger partial charge >= 0.3 is 5.97 Å². The van der Waals surface area contributed by atoms with Gasteiger partial charge in [0.25, 0.3) is 0 Å². The van der Waals surface area contributed by atoms with E-state index in [-0.39, 0.29) is 18.8 Å². The predicted molar refractivity (Wildman–Crippen MR) is 68.6 cm³/mol. The van der Waals surface area contributed by atoms with Crippen molar-refractivity contribution in [2.75, 3.05) is 39.0 Å². The van der Waals surface area contributed by atoms with Crippen LogP contribution in [0.1, 0.15) is 19.8 Å². The highest BCUT2D eigenvalue weighted by atomic mass is 32.2. The number of nitrogens with one attached hydrogen (secondary N) is 1. The standard InChI is InChI=1S/C11H22N2O4S/c1-3-17-11(14)5-7-18(15,16)13-6-4-10(9-13)8-12-2/h10,12H,3-9H2,1-2H3. The largest absolute Gasteiger partial charge is 0.466 e. The molecule has 106 valence electrons. The van der Waals surface area contributed by atoms with Crippen LogP contribution in [0.25, 0.3) is 0 Å². The van der Waals surface area contributed by atoms with Gasteiger partial charge in [-0.2, -0.15) is 0 Å². The van der Waals surface area contributed by atoms with Gasteiger partial charge in [0, 0.05) is 13.1 Å². The summed E-state index contributed by atoms with van der Waals surface area (Å²) >= 11 is 0. The molecule has 1 rings (SSSR count). The Morgan fingerprint density at radius 2 is 2.22 bits per heavy atom. The fourth-order valence-electron chi connectivity index (χ4n) is 2.08. The van der Waals surface area contributed by atoms with Crippen molar-refractivity contribution in [1.29, 1.82) is 0 Å². The molecule has 1 aliphatic rings. The van der Waals surface area contributed by atoms with Gasteiger partial charge in [-0.05, 0) is 32.9 Å². The van der Waals surface area contributed by atoms with Crippen LogP contribution in [-0.2, 0) is 19.6 Å². The zero-order chi connectivity index (χ0) is 13.6. The number of hydrogen-bond donors (Lipinski definition) is 1. The summed E-state index contributed by atoms with van der Waals surface area (Å²) in [6, 6.07) is 0. The Balaban J connectivity index is 2.42. The van der Waals surface area contributed by atoms with Crippen LogP contribution < -0.4 is 5.32 Å². The Bertz CT molecular complexity index is 369. The third-order valence-electron chi connectivity index (χ3n) is 3.00. The molecule has 0 saturated carbocycles. The van der Waals surface area contributed by atoms with Gasteiger partial charge in [-0.3, -0.25) is 4.79 Å². The molecule has 0 aromatic rings. The topological polar surface area (TPSA) is 75.7 Å². The van der Waals surface area contributed by atoms with Gasteiger partial charge in [0.2, 0.25) is 10.0 Å². The molecule has 0 aliphatic carbocycles. The molecule has 0 bridgehead atoms. The monoisotopic (exact) mass is 278 g/mol. The molecule has 1 aliphatic heterocycles. The van der Waals surface area contributed by atoms with E-state index >= 15 is 0 Å². The maximum absolute atomic E-state index is 12.0. The number of rotatable bonds is 7. The van der Waals surface area contributed by atoms with Gasteiger partial charge in [-0.15, -0.1) is 0 Å². The minimum Gasteiger partial charge on any atom is -0.466 e. The molecule has 1 fully saturated rings. The van der Waals surface area contributed by atoms with E-state index in [0.29, 0.717) is 19.0 Å². The van der Waals surface area contributed by atoms with Crippen molar-refractivity contribution in [2.45, 2.75) is 19.8 Å². The van der Waals surface area contributed by atoms with E-state index in [9.17, 15) is 13.2 Å². The molecule has 18 heavy (non-hydrogen) atoms. The number of esters is 1. The predicted octanol–water partition coefficient (Wildman–Crippen LogP) is -0.189. The average Bonchev–Trinajstić information content (AvgIpc) is 2.77. The van der Waals surface area contributed by atoms with Crippen LogP contribution in [0.5, 0.6) is 0 Å². The SMILES string of the molecule is CCOC(=O)CCS(=O)(=O)N1CCC(CNC)C1. The lowest BCUT2D eigenvalue weighted by atomic mass is 10.1. The Kier molecular flexibility index (Phi) is 6.04. The zero-order valence-corrected chi connectivity index (χ0v) is 11.8. The summed E-state index contributed by atoms with van der Waals surface area (Å²) in [5, 5.41) is 3.05. The summed E-state index contributed by atoms with van der Waals surface area (Å²) in [6.07, 6.45) is 0.808. The van der Waals surface area contributed by atoms with Crippen molar-refractivity contribution < 1.29 is 17.9 Å². The molecule has 0 aromatic heterocycles. The van der Waals surface area contributed by atoms with Crippen LogP contribution >= 0.6 is 0 Å². The maximum Gasteiger partial charge on any atom is 0.306 e. The van der Waals surface area contributed by atoms with E-state index in [0.717, 1.165) is 13.0 Å². The summed E-state index contributed by atoms with van der Waals surface area (Å²) in [6.45, 7) is 3.91. The van der Waals surface area contributed by atoms with Crippen LogP contribution in [-0.4, -0.2) is 57.7 Å². The van der Waals surface area contributed by atoms with Crippen molar-refractivity contribution >= 4 is 16.0 Å². The molecule has 1 heterocycles. The van der Waals surface area contributed by atoms with Crippen LogP contribution in [0.15, 0.2) is 0 Å². The fourth-order valence-corrected chi connectivity index (χ4v) is 3.58. The lowest BCUT2D eigenvalue weighted by Crippen LogP contribution is -2.33. The first kappa shape index (κ1) is 15.4. The molecule has 1 N–H and O–H groups in total. The first-order valence-electron chi connectivity index (χ1n) is 6.27. The molecular formula is C11H22N2O4S. The van der Waals surface area contributed by atoms with Gasteiger partial charge in [0.15, 0.2) is 0 Å². The van der Waals surface area contributed by atoms with Crippen molar-refractivity contribution in [1.82, 2.24) is 9.62 Å². The number of nitrogens with zero attached hydrogens (tertiary/aromatic N) is 1. The molecule has 0 radical (unpaired) electrons. The van der Waals surface area contributed by atoms with Gasteiger partial charge in [0.1, 0.15) is 0 Å². The third-order valence-corrected chi connectivity index (χ3v) is 4.84. The van der Waals surface area contributed by atoms with E-state index in [1.807, 2.05) is 7.05 Å². The molecule has 1 unspecified atom stereocenters. The summed E-state index contributed by atoms with van der Waals surface area (Å²) in [5.41, 5.74) is 0. The molecule has 1 saturated heterocycles. The molecule has 7 heteroatoms. The first-order valence-corrected chi connectivity index (χ1v) is 7.88. The highest BCUT2D eigenvalue weighted by Crippen LogP contribution is 2.19. The van der Waals surface area contributed by atoms with E-state index in [1.54, 1.807) is 6.92 Å². The quantitative estimate of drug-likeness (QED) is 0.653. The Hall–Kier alpha value is -0.660. The fraction of sp³-hybridized carbons (Fsp3) is 0.909. The van der Waals surface area contributed by atoms with Crippen molar-refractivity contribution in [3.8, 4) is 0 Å². The first-order chi connectivity index (χ1) is 8.49. The molecule has 6 nitrogen and oxygen atoms in total. The Labute approximate surface area is 109 Å².